The van der Waals surface area contributed by atoms with Crippen LogP contribution in [0.3, 0.4) is 0 Å². The highest BCUT2D eigenvalue weighted by atomic mass is 35.5. The third-order valence-electron chi connectivity index (χ3n) is 4.11. The summed E-state index contributed by atoms with van der Waals surface area (Å²) in [5.41, 5.74) is 4.88. The van der Waals surface area contributed by atoms with Crippen molar-refractivity contribution in [1.29, 1.82) is 0 Å². The van der Waals surface area contributed by atoms with Gasteiger partial charge in [0.05, 0.1) is 12.2 Å². The van der Waals surface area contributed by atoms with Crippen molar-refractivity contribution in [2.75, 3.05) is 0 Å². The molecule has 0 bridgehead atoms. The number of para-hydroxylation sites is 1. The highest BCUT2D eigenvalue weighted by Gasteiger charge is 2.11. The van der Waals surface area contributed by atoms with Gasteiger partial charge in [0.1, 0.15) is 5.69 Å². The summed E-state index contributed by atoms with van der Waals surface area (Å²) in [6, 6.07) is 21.6. The fraction of sp³-hybridized carbons (Fsp3) is 0.0455. The zero-order valence-electron chi connectivity index (χ0n) is 14.5. The van der Waals surface area contributed by atoms with Crippen LogP contribution >= 0.6 is 11.6 Å². The molecule has 5 heteroatoms. The molecule has 0 fully saturated rings. The first-order valence-corrected chi connectivity index (χ1v) is 8.97. The molecule has 2 aromatic carbocycles. The Kier molecular flexibility index (Phi) is 5.08. The maximum absolute atomic E-state index is 6.03. The van der Waals surface area contributed by atoms with E-state index in [1.165, 1.54) is 0 Å². The number of rotatable bonds is 5. The second-order valence-electron chi connectivity index (χ2n) is 6.05. The fourth-order valence-corrected chi connectivity index (χ4v) is 2.89. The molecule has 4 nitrogen and oxygen atoms in total. The molecule has 0 amide bonds. The van der Waals surface area contributed by atoms with Gasteiger partial charge in [-0.25, -0.2) is 4.68 Å². The van der Waals surface area contributed by atoms with E-state index in [1.54, 1.807) is 6.20 Å². The molecular formula is C22H17ClN4. The van der Waals surface area contributed by atoms with Crippen molar-refractivity contribution in [3.63, 3.8) is 0 Å². The largest absolute Gasteiger partial charge is 0.288 e. The summed E-state index contributed by atoms with van der Waals surface area (Å²) in [6.45, 7) is 0.574. The lowest BCUT2D eigenvalue weighted by atomic mass is 10.1. The molecular weight excluding hydrogens is 356 g/mol. The van der Waals surface area contributed by atoms with Crippen molar-refractivity contribution in [2.24, 2.45) is 4.99 Å². The fourth-order valence-electron chi connectivity index (χ4n) is 2.77. The predicted octanol–water partition coefficient (Wildman–Crippen LogP) is 5.21. The number of aromatic nitrogens is 3. The Morgan fingerprint density at radius 1 is 0.963 bits per heavy atom. The lowest BCUT2D eigenvalue weighted by Gasteiger charge is -2.00. The smallest absolute Gasteiger partial charge is 0.101 e. The molecule has 0 unspecified atom stereocenters. The van der Waals surface area contributed by atoms with Crippen LogP contribution in [0.15, 0.2) is 90.3 Å². The maximum atomic E-state index is 6.03. The molecule has 27 heavy (non-hydrogen) atoms. The highest BCUT2D eigenvalue weighted by Crippen LogP contribution is 2.24. The molecule has 0 radical (unpaired) electrons. The molecule has 0 aliphatic heterocycles. The Balaban J connectivity index is 1.69. The van der Waals surface area contributed by atoms with Crippen LogP contribution in [0.2, 0.25) is 5.02 Å². The molecule has 2 heterocycles. The monoisotopic (exact) mass is 372 g/mol. The topological polar surface area (TPSA) is 43.1 Å². The van der Waals surface area contributed by atoms with Gasteiger partial charge in [-0.1, -0.05) is 48.0 Å². The van der Waals surface area contributed by atoms with E-state index in [2.05, 4.69) is 9.98 Å². The molecule has 4 aromatic rings. The van der Waals surface area contributed by atoms with E-state index in [4.69, 9.17) is 16.7 Å². The average Bonchev–Trinajstić information content (AvgIpc) is 3.14. The van der Waals surface area contributed by atoms with Gasteiger partial charge in [-0.05, 0) is 35.9 Å². The van der Waals surface area contributed by atoms with Gasteiger partial charge in [-0.2, -0.15) is 5.10 Å². The number of halogens is 1. The van der Waals surface area contributed by atoms with Crippen LogP contribution in [0.4, 0.5) is 0 Å². The lowest BCUT2D eigenvalue weighted by molar-refractivity contribution is 0.884. The van der Waals surface area contributed by atoms with Crippen LogP contribution in [-0.4, -0.2) is 21.0 Å². The number of benzene rings is 2. The Hall–Kier alpha value is -3.24. The summed E-state index contributed by atoms with van der Waals surface area (Å²) in [5.74, 6) is 0. The Morgan fingerprint density at radius 3 is 2.52 bits per heavy atom. The van der Waals surface area contributed by atoms with E-state index >= 15 is 0 Å². The summed E-state index contributed by atoms with van der Waals surface area (Å²) in [5, 5.41) is 5.48. The molecule has 0 N–H and O–H groups in total. The average molecular weight is 373 g/mol. The van der Waals surface area contributed by atoms with Crippen LogP contribution in [0.1, 0.15) is 11.1 Å². The molecule has 132 valence electrons. The molecule has 0 atom stereocenters. The Labute approximate surface area is 162 Å². The van der Waals surface area contributed by atoms with Crippen LogP contribution < -0.4 is 0 Å². The Morgan fingerprint density at radius 2 is 1.78 bits per heavy atom. The van der Waals surface area contributed by atoms with E-state index < -0.39 is 0 Å². The van der Waals surface area contributed by atoms with Gasteiger partial charge in [0.25, 0.3) is 0 Å². The maximum Gasteiger partial charge on any atom is 0.101 e. The zero-order valence-corrected chi connectivity index (χ0v) is 15.3. The minimum atomic E-state index is 0.574. The summed E-state index contributed by atoms with van der Waals surface area (Å²) in [4.78, 5) is 8.70. The number of pyridine rings is 1. The minimum absolute atomic E-state index is 0.574. The van der Waals surface area contributed by atoms with Crippen molar-refractivity contribution >= 4 is 17.8 Å². The van der Waals surface area contributed by atoms with Gasteiger partial charge in [0, 0.05) is 41.0 Å². The van der Waals surface area contributed by atoms with E-state index in [0.29, 0.717) is 11.6 Å². The van der Waals surface area contributed by atoms with Gasteiger partial charge in [-0.15, -0.1) is 0 Å². The summed E-state index contributed by atoms with van der Waals surface area (Å²) in [6.07, 6.45) is 7.44. The molecule has 0 saturated carbocycles. The molecule has 0 aliphatic carbocycles. The summed E-state index contributed by atoms with van der Waals surface area (Å²) >= 11 is 6.03. The van der Waals surface area contributed by atoms with Crippen LogP contribution in [0.25, 0.3) is 16.9 Å². The first-order chi connectivity index (χ1) is 13.3. The number of nitrogens with zero attached hydrogens (tertiary/aromatic N) is 4. The molecule has 2 aromatic heterocycles. The molecule has 0 aliphatic rings. The normalized spacial score (nSPS) is 11.1. The lowest BCUT2D eigenvalue weighted by Crippen LogP contribution is -1.93. The highest BCUT2D eigenvalue weighted by molar-refractivity contribution is 6.30. The SMILES string of the molecule is Clc1ccc(-c2nn(-c3ccccc3)cc2C=NCc2cccnc2)cc1. The standard InChI is InChI=1S/C22H17ClN4/c23-20-10-8-18(9-11-20)22-19(15-25-14-17-5-4-12-24-13-17)16-27(26-22)21-6-2-1-3-7-21/h1-13,15-16H,14H2. The van der Waals surface area contributed by atoms with Crippen LogP contribution in [-0.2, 0) is 6.54 Å². The summed E-state index contributed by atoms with van der Waals surface area (Å²) in [7, 11) is 0. The molecule has 4 rings (SSSR count). The number of hydrogen-bond acceptors (Lipinski definition) is 3. The third kappa shape index (κ3) is 4.13. The third-order valence-corrected chi connectivity index (χ3v) is 4.36. The number of aliphatic imine (C=N–C) groups is 1. The van der Waals surface area contributed by atoms with Gasteiger partial charge in [-0.3, -0.25) is 9.98 Å². The van der Waals surface area contributed by atoms with E-state index in [-0.39, 0.29) is 0 Å². The molecule has 0 saturated heterocycles. The second kappa shape index (κ2) is 7.98. The van der Waals surface area contributed by atoms with Crippen molar-refractivity contribution in [1.82, 2.24) is 14.8 Å². The van der Waals surface area contributed by atoms with Gasteiger partial charge in [0.2, 0.25) is 0 Å². The van der Waals surface area contributed by atoms with Crippen molar-refractivity contribution in [3.05, 3.63) is 101 Å². The zero-order chi connectivity index (χ0) is 18.5. The van der Waals surface area contributed by atoms with Crippen molar-refractivity contribution < 1.29 is 0 Å². The van der Waals surface area contributed by atoms with Gasteiger partial charge < -0.3 is 0 Å². The van der Waals surface area contributed by atoms with E-state index in [9.17, 15) is 0 Å². The van der Waals surface area contributed by atoms with E-state index in [1.807, 2.05) is 90.0 Å². The van der Waals surface area contributed by atoms with Crippen LogP contribution in [0, 0.1) is 0 Å². The second-order valence-corrected chi connectivity index (χ2v) is 6.49. The Bertz CT molecular complexity index is 1040. The van der Waals surface area contributed by atoms with Gasteiger partial charge >= 0.3 is 0 Å². The van der Waals surface area contributed by atoms with Crippen molar-refractivity contribution in [3.8, 4) is 16.9 Å². The first kappa shape index (κ1) is 17.2. The quantitative estimate of drug-likeness (QED) is 0.451. The molecule has 0 spiro atoms. The minimum Gasteiger partial charge on any atom is -0.288 e. The first-order valence-electron chi connectivity index (χ1n) is 8.59. The van der Waals surface area contributed by atoms with Gasteiger partial charge in [0.15, 0.2) is 0 Å². The van der Waals surface area contributed by atoms with E-state index in [0.717, 1.165) is 28.1 Å². The summed E-state index contributed by atoms with van der Waals surface area (Å²) < 4.78 is 1.87. The predicted molar refractivity (Wildman–Crippen MR) is 110 cm³/mol. The van der Waals surface area contributed by atoms with Crippen molar-refractivity contribution in [2.45, 2.75) is 6.54 Å². The van der Waals surface area contributed by atoms with Crippen LogP contribution in [0.5, 0.6) is 0 Å². The number of hydrogen-bond donors (Lipinski definition) is 0.